The van der Waals surface area contributed by atoms with Crippen molar-refractivity contribution in [1.29, 1.82) is 0 Å². The lowest BCUT2D eigenvalue weighted by molar-refractivity contribution is -0.0599. The number of nitrogens with zero attached hydrogens (tertiary/aromatic N) is 1. The van der Waals surface area contributed by atoms with Gasteiger partial charge >= 0.3 is 0 Å². The van der Waals surface area contributed by atoms with Gasteiger partial charge in [0.05, 0.1) is 17.4 Å². The molecule has 1 aromatic carbocycles. The quantitative estimate of drug-likeness (QED) is 0.566. The third kappa shape index (κ3) is 5.62. The molecule has 1 heterocycles. The van der Waals surface area contributed by atoms with Gasteiger partial charge in [-0.3, -0.25) is 9.79 Å². The minimum atomic E-state index is -1.38. The molecule has 29 heavy (non-hydrogen) atoms. The van der Waals surface area contributed by atoms with Crippen molar-refractivity contribution in [2.45, 2.75) is 65.3 Å². The highest BCUT2D eigenvalue weighted by molar-refractivity contribution is 8.04. The summed E-state index contributed by atoms with van der Waals surface area (Å²) in [5.41, 5.74) is 3.21. The van der Waals surface area contributed by atoms with Gasteiger partial charge in [-0.05, 0) is 63.3 Å². The van der Waals surface area contributed by atoms with E-state index in [4.69, 9.17) is 4.99 Å². The number of allylic oxidation sites excluding steroid dienone is 2. The topological polar surface area (TPSA) is 93.9 Å². The first-order valence-electron chi connectivity index (χ1n) is 9.93. The van der Waals surface area contributed by atoms with Gasteiger partial charge in [0, 0.05) is 27.5 Å². The Labute approximate surface area is 176 Å². The fourth-order valence-electron chi connectivity index (χ4n) is 3.56. The van der Waals surface area contributed by atoms with Crippen LogP contribution in [-0.2, 0) is 0 Å². The second-order valence-electron chi connectivity index (χ2n) is 9.61. The van der Waals surface area contributed by atoms with Gasteiger partial charge in [0.1, 0.15) is 0 Å². The molecule has 1 aromatic rings. The highest BCUT2D eigenvalue weighted by Crippen LogP contribution is 2.43. The maximum absolute atomic E-state index is 12.3. The zero-order chi connectivity index (χ0) is 21.4. The zero-order valence-electron chi connectivity index (χ0n) is 17.7. The fraction of sp³-hybridized carbons (Fsp3) is 0.545. The lowest BCUT2D eigenvalue weighted by atomic mass is 9.78. The van der Waals surface area contributed by atoms with Crippen molar-refractivity contribution in [3.8, 4) is 0 Å². The molecule has 0 spiro atoms. The molecule has 0 bridgehead atoms. The Morgan fingerprint density at radius 1 is 1.24 bits per heavy atom. The van der Waals surface area contributed by atoms with Gasteiger partial charge in [0.25, 0.3) is 5.91 Å². The van der Waals surface area contributed by atoms with Gasteiger partial charge in [0.15, 0.2) is 6.29 Å². The predicted octanol–water partition coefficient (Wildman–Crippen LogP) is 3.33. The van der Waals surface area contributed by atoms with Crippen molar-refractivity contribution >= 4 is 29.1 Å². The van der Waals surface area contributed by atoms with E-state index in [1.165, 1.54) is 0 Å². The summed E-state index contributed by atoms with van der Waals surface area (Å²) in [6, 6.07) is 6.97. The van der Waals surface area contributed by atoms with Crippen LogP contribution in [0.4, 0.5) is 5.69 Å². The van der Waals surface area contributed by atoms with Crippen molar-refractivity contribution in [2.75, 3.05) is 5.75 Å². The molecule has 3 rings (SSSR count). The first kappa shape index (κ1) is 21.9. The standard InChI is InChI=1S/C22H31N3O3S/c1-21(2,3)25-19(26)13-6-8-14(9-7-13)23-15-10-22(4,5)11-16-18(15)29-12-17(24-16)20(27)28/h6-9,17,20,24,27-28H,10-12H2,1-5H3,(H,25,26)/b23-15+. The Balaban J connectivity index is 1.85. The second-order valence-corrected chi connectivity index (χ2v) is 10.6. The molecule has 1 aliphatic carbocycles. The van der Waals surface area contributed by atoms with Gasteiger partial charge in [-0.2, -0.15) is 0 Å². The number of nitrogens with one attached hydrogen (secondary N) is 2. The van der Waals surface area contributed by atoms with Crippen LogP contribution in [0.1, 0.15) is 57.8 Å². The van der Waals surface area contributed by atoms with Crippen molar-refractivity contribution in [3.63, 3.8) is 0 Å². The van der Waals surface area contributed by atoms with Crippen LogP contribution in [0.15, 0.2) is 39.9 Å². The van der Waals surface area contributed by atoms with Crippen LogP contribution in [0, 0.1) is 5.41 Å². The van der Waals surface area contributed by atoms with Crippen molar-refractivity contribution in [1.82, 2.24) is 10.6 Å². The molecule has 0 saturated heterocycles. The van der Waals surface area contributed by atoms with Gasteiger partial charge < -0.3 is 20.8 Å². The number of hydrogen-bond acceptors (Lipinski definition) is 6. The van der Waals surface area contributed by atoms with E-state index < -0.39 is 6.29 Å². The first-order chi connectivity index (χ1) is 13.4. The van der Waals surface area contributed by atoms with Crippen LogP contribution >= 0.6 is 11.8 Å². The highest BCUT2D eigenvalue weighted by atomic mass is 32.2. The second kappa shape index (κ2) is 8.13. The van der Waals surface area contributed by atoms with Gasteiger partial charge in [-0.25, -0.2) is 0 Å². The van der Waals surface area contributed by atoms with Crippen LogP contribution in [-0.4, -0.2) is 45.5 Å². The molecule has 0 radical (unpaired) electrons. The monoisotopic (exact) mass is 417 g/mol. The minimum absolute atomic E-state index is 0.0278. The average Bonchev–Trinajstić information content (AvgIpc) is 2.59. The van der Waals surface area contributed by atoms with Crippen LogP contribution in [0.2, 0.25) is 0 Å². The summed E-state index contributed by atoms with van der Waals surface area (Å²) < 4.78 is 0. The Hall–Kier alpha value is -1.83. The van der Waals surface area contributed by atoms with Gasteiger partial charge in [-0.15, -0.1) is 11.8 Å². The van der Waals surface area contributed by atoms with E-state index in [-0.39, 0.29) is 22.9 Å². The molecule has 6 nitrogen and oxygen atoms in total. The number of carbonyl (C=O) groups excluding carboxylic acids is 1. The fourth-order valence-corrected chi connectivity index (χ4v) is 4.75. The Morgan fingerprint density at radius 2 is 1.90 bits per heavy atom. The molecule has 0 saturated carbocycles. The van der Waals surface area contributed by atoms with E-state index in [0.717, 1.165) is 34.8 Å². The van der Waals surface area contributed by atoms with Crippen molar-refractivity contribution in [2.24, 2.45) is 10.4 Å². The summed E-state index contributed by atoms with van der Waals surface area (Å²) in [6.45, 7) is 10.3. The largest absolute Gasteiger partial charge is 0.379 e. The first-order valence-corrected chi connectivity index (χ1v) is 10.9. The lowest BCUT2D eigenvalue weighted by Gasteiger charge is -2.39. The van der Waals surface area contributed by atoms with Gasteiger partial charge in [0.2, 0.25) is 0 Å². The molecular weight excluding hydrogens is 386 g/mol. The number of aliphatic imine (C=N–C) groups is 1. The van der Waals surface area contributed by atoms with Crippen LogP contribution in [0.5, 0.6) is 0 Å². The number of rotatable bonds is 3. The molecular formula is C22H31N3O3S. The molecule has 0 fully saturated rings. The van der Waals surface area contributed by atoms with E-state index in [9.17, 15) is 15.0 Å². The number of thioether (sulfide) groups is 1. The summed E-state index contributed by atoms with van der Waals surface area (Å²) >= 11 is 1.63. The Kier molecular flexibility index (Phi) is 6.13. The van der Waals surface area contributed by atoms with Crippen molar-refractivity contribution in [3.05, 3.63) is 40.4 Å². The molecule has 1 aliphatic heterocycles. The molecule has 4 N–H and O–H groups in total. The van der Waals surface area contributed by atoms with E-state index >= 15 is 0 Å². The molecule has 2 aliphatic rings. The average molecular weight is 418 g/mol. The molecule has 158 valence electrons. The predicted molar refractivity (Wildman–Crippen MR) is 118 cm³/mol. The molecule has 1 atom stereocenters. The summed E-state index contributed by atoms with van der Waals surface area (Å²) in [4.78, 5) is 18.3. The van der Waals surface area contributed by atoms with Crippen LogP contribution in [0.3, 0.4) is 0 Å². The van der Waals surface area contributed by atoms with Crippen LogP contribution < -0.4 is 10.6 Å². The number of amides is 1. The summed E-state index contributed by atoms with van der Waals surface area (Å²) in [7, 11) is 0. The summed E-state index contributed by atoms with van der Waals surface area (Å²) in [5.74, 6) is 0.489. The number of benzene rings is 1. The number of carbonyl (C=O) groups is 1. The number of hydrogen-bond donors (Lipinski definition) is 4. The zero-order valence-corrected chi connectivity index (χ0v) is 18.6. The van der Waals surface area contributed by atoms with Gasteiger partial charge in [-0.1, -0.05) is 13.8 Å². The minimum Gasteiger partial charge on any atom is -0.379 e. The number of aliphatic hydroxyl groups is 2. The summed E-state index contributed by atoms with van der Waals surface area (Å²) in [6.07, 6.45) is 0.316. The molecule has 1 unspecified atom stereocenters. The molecule has 0 aromatic heterocycles. The van der Waals surface area contributed by atoms with E-state index in [2.05, 4.69) is 24.5 Å². The van der Waals surface area contributed by atoms with E-state index in [1.807, 2.05) is 32.9 Å². The number of aliphatic hydroxyl groups excluding tert-OH is 1. The maximum atomic E-state index is 12.3. The van der Waals surface area contributed by atoms with Crippen molar-refractivity contribution < 1.29 is 15.0 Å². The van der Waals surface area contributed by atoms with Crippen LogP contribution in [0.25, 0.3) is 0 Å². The third-order valence-electron chi connectivity index (χ3n) is 4.85. The SMILES string of the molecule is CC1(C)CC2=C(SCC(C(O)O)N2)/C(=N/c2ccc(C(=O)NC(C)(C)C)cc2)C1. The van der Waals surface area contributed by atoms with E-state index in [1.54, 1.807) is 23.9 Å². The summed E-state index contributed by atoms with van der Waals surface area (Å²) in [5, 5.41) is 25.3. The highest BCUT2D eigenvalue weighted by Gasteiger charge is 2.36. The Bertz CT molecular complexity index is 836. The molecule has 7 heteroatoms. The maximum Gasteiger partial charge on any atom is 0.251 e. The molecule has 1 amide bonds. The smallest absolute Gasteiger partial charge is 0.251 e. The third-order valence-corrected chi connectivity index (χ3v) is 6.14. The lowest BCUT2D eigenvalue weighted by Crippen LogP contribution is -2.46. The Morgan fingerprint density at radius 3 is 2.48 bits per heavy atom. The normalized spacial score (nSPS) is 23.0. The van der Waals surface area contributed by atoms with E-state index in [0.29, 0.717) is 11.3 Å².